The highest BCUT2D eigenvalue weighted by molar-refractivity contribution is 5.76. The van der Waals surface area contributed by atoms with E-state index in [-0.39, 0.29) is 11.4 Å². The number of para-hydroxylation sites is 1. The monoisotopic (exact) mass is 1540 g/mol. The van der Waals surface area contributed by atoms with Gasteiger partial charge in [-0.2, -0.15) is 0 Å². The summed E-state index contributed by atoms with van der Waals surface area (Å²) in [5, 5.41) is 7.81. The standard InChI is InChI=1S/2C12H9N.C12H11N.C10H13NO2.C9H13N.C8H7N3.C8H12N2.C7H10N2.C7H9N.C6H9N3.C6H7N/c1-2-6-11-9(4-1)8-10-5-3-7-13-12(10)11;1-2-5-10-9(4-1)8-12-11(10)6-3-7-13-12;1-10-9-12(7-8-13-10)11-5-3-2-4-6-11;1-4-10(12)13-9-5-7(2)11-8(3)6-9;1-9(2,3)8-6-4-5-7-10-8;1-6-9-7-4-2-3-5-8(7)11-10-6;1-5-6(2)10-8(4)7(3)9-5;1-5-4-6(2)9-7(3)8-5;1-6-4-3-5-7(2)8-6;1-4-7-5(2)9-6(3)8-4;1-6-4-2-3-5-7-6/h2*1-7H,8H2;2-9H,1H3;5-6H,4H2,1-3H3;4-7H,1-3H3;2-5H,1H3;1-4H3;4H,1-3H3;3-5H,1-2H3;1-3H3;2-5H,1H3. The highest BCUT2D eigenvalue weighted by Crippen LogP contribution is 2.35. The number of hydrogen-bond donors (Lipinski definition) is 0. The van der Waals surface area contributed by atoms with Gasteiger partial charge < -0.3 is 4.74 Å². The van der Waals surface area contributed by atoms with Gasteiger partial charge in [-0.15, -0.1) is 10.2 Å². The van der Waals surface area contributed by atoms with Gasteiger partial charge in [-0.1, -0.05) is 149 Å². The lowest BCUT2D eigenvalue weighted by molar-refractivity contribution is -0.134. The zero-order valence-corrected chi connectivity index (χ0v) is 71.1. The van der Waals surface area contributed by atoms with Crippen LogP contribution in [0.2, 0.25) is 0 Å². The second-order valence-electron chi connectivity index (χ2n) is 28.6. The van der Waals surface area contributed by atoms with Crippen molar-refractivity contribution in [2.24, 2.45) is 0 Å². The Labute approximate surface area is 685 Å². The van der Waals surface area contributed by atoms with Gasteiger partial charge in [0.15, 0.2) is 0 Å². The summed E-state index contributed by atoms with van der Waals surface area (Å²) in [5.74, 6) is 4.30. The molecule has 0 saturated heterocycles. The van der Waals surface area contributed by atoms with Gasteiger partial charge in [0.1, 0.15) is 40.4 Å². The van der Waals surface area contributed by atoms with E-state index in [1.165, 1.54) is 50.2 Å². The fraction of sp³-hybridized carbons (Fsp3) is 0.258. The van der Waals surface area contributed by atoms with Crippen LogP contribution in [0.3, 0.4) is 0 Å². The fourth-order valence-corrected chi connectivity index (χ4v) is 11.7. The Morgan fingerprint density at radius 1 is 0.319 bits per heavy atom. The van der Waals surface area contributed by atoms with Gasteiger partial charge in [0.05, 0.1) is 39.7 Å². The quantitative estimate of drug-likeness (QED) is 0.149. The Morgan fingerprint density at radius 2 is 0.784 bits per heavy atom. The molecule has 11 aromatic heterocycles. The van der Waals surface area contributed by atoms with Crippen LogP contribution in [-0.4, -0.2) is 90.9 Å². The predicted octanol–water partition coefficient (Wildman–Crippen LogP) is 21.1. The normalized spacial score (nSPS) is 10.5. The Kier molecular flexibility index (Phi) is 35.8. The molecule has 2 aliphatic rings. The van der Waals surface area contributed by atoms with E-state index < -0.39 is 0 Å². The van der Waals surface area contributed by atoms with Crippen LogP contribution < -0.4 is 4.74 Å². The molecule has 0 radical (unpaired) electrons. The lowest BCUT2D eigenvalue weighted by atomic mass is 9.92. The summed E-state index contributed by atoms with van der Waals surface area (Å²) in [6.45, 7) is 41.2. The molecule has 0 unspecified atom stereocenters. The van der Waals surface area contributed by atoms with E-state index >= 15 is 0 Å². The summed E-state index contributed by atoms with van der Waals surface area (Å²) in [7, 11) is 0. The van der Waals surface area contributed by atoms with Gasteiger partial charge in [0.2, 0.25) is 0 Å². The van der Waals surface area contributed by atoms with Gasteiger partial charge in [0.25, 0.3) is 0 Å². The maximum absolute atomic E-state index is 11.0. The highest BCUT2D eigenvalue weighted by atomic mass is 16.5. The lowest BCUT2D eigenvalue weighted by Gasteiger charge is -2.16. The number of aryl methyl sites for hydroxylation is 17. The molecular formula is C97H109N17O2. The Morgan fingerprint density at radius 3 is 1.30 bits per heavy atom. The summed E-state index contributed by atoms with van der Waals surface area (Å²) in [6, 6.07) is 70.8. The van der Waals surface area contributed by atoms with E-state index in [0.29, 0.717) is 18.0 Å². The number of benzene rings is 4. The smallest absolute Gasteiger partial charge is 0.310 e. The van der Waals surface area contributed by atoms with Crippen LogP contribution in [0.5, 0.6) is 5.75 Å². The number of aromatic nitrogens is 17. The van der Waals surface area contributed by atoms with Crippen molar-refractivity contribution < 1.29 is 9.53 Å². The summed E-state index contributed by atoms with van der Waals surface area (Å²) >= 11 is 0. The van der Waals surface area contributed by atoms with Crippen molar-refractivity contribution in [3.8, 4) is 39.3 Å². The number of rotatable bonds is 3. The zero-order chi connectivity index (χ0) is 84.1. The molecular weight excluding hydrogens is 1440 g/mol. The van der Waals surface area contributed by atoms with Crippen molar-refractivity contribution in [2.45, 2.75) is 170 Å². The zero-order valence-electron chi connectivity index (χ0n) is 71.1. The van der Waals surface area contributed by atoms with Crippen molar-refractivity contribution in [3.05, 3.63) is 369 Å². The molecule has 4 aromatic carbocycles. The van der Waals surface area contributed by atoms with Crippen molar-refractivity contribution in [3.63, 3.8) is 0 Å². The number of pyridine rings is 7. The molecule has 17 rings (SSSR count). The maximum Gasteiger partial charge on any atom is 0.310 e. The number of hydrogen-bond acceptors (Lipinski definition) is 19. The molecule has 0 saturated carbocycles. The number of esters is 1. The van der Waals surface area contributed by atoms with E-state index in [0.717, 1.165) is 127 Å². The molecule has 0 N–H and O–H groups in total. The molecule has 15 aromatic rings. The topological polar surface area (TPSA) is 245 Å². The lowest BCUT2D eigenvalue weighted by Crippen LogP contribution is -2.12. The van der Waals surface area contributed by atoms with E-state index in [1.54, 1.807) is 25.3 Å². The minimum atomic E-state index is -0.218. The minimum Gasteiger partial charge on any atom is -0.426 e. The largest absolute Gasteiger partial charge is 0.426 e. The van der Waals surface area contributed by atoms with Crippen LogP contribution in [-0.2, 0) is 23.1 Å². The van der Waals surface area contributed by atoms with Crippen LogP contribution in [0.15, 0.2) is 243 Å². The third-order valence-corrected chi connectivity index (χ3v) is 17.2. The highest BCUT2D eigenvalue weighted by Gasteiger charge is 2.19. The van der Waals surface area contributed by atoms with Crippen molar-refractivity contribution in [1.82, 2.24) is 85.0 Å². The first-order valence-corrected chi connectivity index (χ1v) is 38.7. The first-order valence-electron chi connectivity index (χ1n) is 38.7. The van der Waals surface area contributed by atoms with E-state index in [1.807, 2.05) is 258 Å². The van der Waals surface area contributed by atoms with E-state index in [2.05, 4.69) is 191 Å². The number of carbonyl (C=O) groups is 1. The van der Waals surface area contributed by atoms with Crippen LogP contribution in [0.1, 0.15) is 160 Å². The van der Waals surface area contributed by atoms with E-state index in [4.69, 9.17) is 4.74 Å². The average molecular weight is 1550 g/mol. The molecule has 0 atom stereocenters. The predicted molar refractivity (Wildman–Crippen MR) is 468 cm³/mol. The van der Waals surface area contributed by atoms with Gasteiger partial charge in [-0.25, -0.2) is 29.9 Å². The van der Waals surface area contributed by atoms with Crippen molar-refractivity contribution >= 4 is 17.0 Å². The van der Waals surface area contributed by atoms with E-state index in [9.17, 15) is 4.79 Å². The molecule has 0 aliphatic heterocycles. The molecule has 0 bridgehead atoms. The first kappa shape index (κ1) is 90.0. The number of carbonyl (C=O) groups excluding carboxylic acids is 1. The van der Waals surface area contributed by atoms with Gasteiger partial charge >= 0.3 is 5.97 Å². The molecule has 0 fully saturated rings. The molecule has 2 aliphatic carbocycles. The molecule has 19 heteroatoms. The Balaban J connectivity index is 0.000000177. The number of ether oxygens (including phenoxy) is 1. The number of nitrogens with zero attached hydrogens (tertiary/aromatic N) is 17. The molecule has 594 valence electrons. The second-order valence-corrected chi connectivity index (χ2v) is 28.6. The Bertz CT molecular complexity index is 5150. The summed E-state index contributed by atoms with van der Waals surface area (Å²) < 4.78 is 5.05. The summed E-state index contributed by atoms with van der Waals surface area (Å²) in [5.41, 5.74) is 28.3. The fourth-order valence-electron chi connectivity index (χ4n) is 11.7. The molecule has 0 amide bonds. The van der Waals surface area contributed by atoms with Crippen LogP contribution in [0.4, 0.5) is 0 Å². The van der Waals surface area contributed by atoms with Crippen LogP contribution in [0, 0.1) is 118 Å². The summed E-state index contributed by atoms with van der Waals surface area (Å²) in [6.07, 6.45) is 11.6. The number of fused-ring (bicyclic) bond motifs is 7. The molecule has 19 nitrogen and oxygen atoms in total. The molecule has 116 heavy (non-hydrogen) atoms. The van der Waals surface area contributed by atoms with Crippen LogP contribution >= 0.6 is 0 Å². The van der Waals surface area contributed by atoms with Gasteiger partial charge in [0, 0.05) is 130 Å². The van der Waals surface area contributed by atoms with Crippen molar-refractivity contribution in [1.29, 1.82) is 0 Å². The van der Waals surface area contributed by atoms with Gasteiger partial charge in [-0.3, -0.25) is 49.7 Å². The van der Waals surface area contributed by atoms with Crippen molar-refractivity contribution in [2.75, 3.05) is 0 Å². The maximum atomic E-state index is 11.0. The Hall–Kier alpha value is -13.2. The third kappa shape index (κ3) is 31.4. The third-order valence-electron chi connectivity index (χ3n) is 17.2. The molecule has 11 heterocycles. The van der Waals surface area contributed by atoms with Crippen LogP contribution in [0.25, 0.3) is 44.5 Å². The summed E-state index contributed by atoms with van der Waals surface area (Å²) in [4.78, 5) is 73.6. The first-order chi connectivity index (χ1) is 55.5. The second kappa shape index (κ2) is 46.1. The minimum absolute atomic E-state index is 0.182. The average Bonchev–Trinajstić information content (AvgIpc) is 1.65. The SMILES string of the molecule is CC(C)(C)c1ccccn1.CCC(=O)Oc1cc(C)nc(C)c1.Cc1cc(-c2ccccc2)ccn1.Cc1cc(C)nc(C)n1.Cc1cccc(C)n1.Cc1ccccn1.Cc1nc(C)c(C)nc1C.Cc1nc(C)nc(C)n1.Cc1nnc2ccccc2n1.c1ccc2c(c1)Cc1cccnc1-2.c1ccc2c(c1)Cc1ncccc1-2. The molecule has 0 spiro atoms. The van der Waals surface area contributed by atoms with Gasteiger partial charge in [-0.05, 0) is 230 Å².